The van der Waals surface area contributed by atoms with Gasteiger partial charge in [-0.15, -0.1) is 0 Å². The third-order valence-electron chi connectivity index (χ3n) is 5.06. The molecule has 3 N–H and O–H groups in total. The van der Waals surface area contributed by atoms with E-state index in [0.717, 1.165) is 17.9 Å². The minimum absolute atomic E-state index is 0.0608. The van der Waals surface area contributed by atoms with E-state index in [4.69, 9.17) is 19.8 Å². The van der Waals surface area contributed by atoms with Gasteiger partial charge in [-0.2, -0.15) is 31.4 Å². The molecule has 1 unspecified atom stereocenters. The molecular weight excluding hydrogens is 568 g/mol. The third kappa shape index (κ3) is 10.7. The smallest absolute Gasteiger partial charge is 0.475 e. The van der Waals surface area contributed by atoms with Crippen LogP contribution < -0.4 is 5.32 Å². The van der Waals surface area contributed by atoms with Crippen molar-refractivity contribution in [3.63, 3.8) is 0 Å². The SMILES string of the molecule is Cc1cccc(C(=O)N2Cc3ccnn3CC(CNc3ncccn3)C2)n1.O=C(O)C(F)(F)F.O=C(O)C(F)(F)F. The van der Waals surface area contributed by atoms with Gasteiger partial charge in [-0.3, -0.25) is 9.48 Å². The van der Waals surface area contributed by atoms with E-state index in [9.17, 15) is 31.1 Å². The number of hydrogen-bond donors (Lipinski definition) is 3. The number of nitrogens with zero attached hydrogens (tertiary/aromatic N) is 6. The Hall–Kier alpha value is -4.77. The number of anilines is 1. The molecule has 0 aromatic carbocycles. The standard InChI is InChI=1S/C19H21N7O.2C2HF3O2/c1-14-4-2-5-17(24-14)18(27)25-11-15(10-22-19-20-7-3-8-21-19)12-26-16(13-25)6-9-23-26;2*3-2(4,5)1(6)7/h2-9,15H,10-13H2,1H3,(H,20,21,22);2*(H,6,7). The second kappa shape index (κ2) is 14.0. The van der Waals surface area contributed by atoms with Gasteiger partial charge in [-0.25, -0.2) is 24.5 Å². The number of nitrogens with one attached hydrogen (secondary N) is 1. The molecule has 1 atom stereocenters. The van der Waals surface area contributed by atoms with Crippen LogP contribution in [0.3, 0.4) is 0 Å². The first-order valence-corrected chi connectivity index (χ1v) is 11.4. The van der Waals surface area contributed by atoms with Crippen LogP contribution in [0, 0.1) is 12.8 Å². The number of fused-ring (bicyclic) bond motifs is 1. The molecule has 1 aliphatic heterocycles. The zero-order valence-electron chi connectivity index (χ0n) is 21.1. The van der Waals surface area contributed by atoms with Crippen molar-refractivity contribution in [1.29, 1.82) is 0 Å². The summed E-state index contributed by atoms with van der Waals surface area (Å²) in [6.45, 7) is 4.40. The van der Waals surface area contributed by atoms with Crippen molar-refractivity contribution in [2.24, 2.45) is 5.92 Å². The van der Waals surface area contributed by atoms with Crippen LogP contribution in [-0.2, 0) is 22.7 Å². The molecule has 0 saturated heterocycles. The average Bonchev–Trinajstić information content (AvgIpc) is 3.25. The van der Waals surface area contributed by atoms with E-state index < -0.39 is 24.3 Å². The van der Waals surface area contributed by atoms with Crippen molar-refractivity contribution in [2.45, 2.75) is 32.4 Å². The normalized spacial score (nSPS) is 14.7. The van der Waals surface area contributed by atoms with E-state index in [-0.39, 0.29) is 11.8 Å². The van der Waals surface area contributed by atoms with Gasteiger partial charge in [0.05, 0.1) is 12.2 Å². The summed E-state index contributed by atoms with van der Waals surface area (Å²) >= 11 is 0. The number of carbonyl (C=O) groups excluding carboxylic acids is 1. The van der Waals surface area contributed by atoms with Crippen molar-refractivity contribution < 1.29 is 50.9 Å². The molecule has 3 aromatic rings. The molecule has 41 heavy (non-hydrogen) atoms. The zero-order chi connectivity index (χ0) is 30.8. The van der Waals surface area contributed by atoms with E-state index in [0.29, 0.717) is 31.3 Å². The summed E-state index contributed by atoms with van der Waals surface area (Å²) in [4.78, 5) is 45.5. The molecule has 0 aliphatic carbocycles. The molecule has 4 heterocycles. The predicted octanol–water partition coefficient (Wildman–Crippen LogP) is 3.03. The van der Waals surface area contributed by atoms with Gasteiger partial charge in [0.1, 0.15) is 5.69 Å². The zero-order valence-corrected chi connectivity index (χ0v) is 21.1. The van der Waals surface area contributed by atoms with Gasteiger partial charge in [0, 0.05) is 49.8 Å². The van der Waals surface area contributed by atoms with E-state index in [1.54, 1.807) is 30.7 Å². The van der Waals surface area contributed by atoms with Gasteiger partial charge in [-0.1, -0.05) is 6.07 Å². The molecule has 4 rings (SSSR count). The minimum Gasteiger partial charge on any atom is -0.475 e. The molecule has 1 aliphatic rings. The van der Waals surface area contributed by atoms with Crippen molar-refractivity contribution >= 4 is 23.8 Å². The lowest BCUT2D eigenvalue weighted by Crippen LogP contribution is -2.36. The first-order chi connectivity index (χ1) is 19.1. The largest absolute Gasteiger partial charge is 0.490 e. The maximum Gasteiger partial charge on any atom is 0.490 e. The number of hydrogen-bond acceptors (Lipinski definition) is 8. The second-order valence-electron chi connectivity index (χ2n) is 8.28. The highest BCUT2D eigenvalue weighted by molar-refractivity contribution is 5.92. The summed E-state index contributed by atoms with van der Waals surface area (Å²) in [6.07, 6.45) is -4.99. The number of aryl methyl sites for hydroxylation is 1. The van der Waals surface area contributed by atoms with Gasteiger partial charge in [0.15, 0.2) is 0 Å². The molecule has 0 spiro atoms. The fraction of sp³-hybridized carbons (Fsp3) is 0.348. The Labute approximate surface area is 227 Å². The number of carboxylic acid groups (broad SMARTS) is 2. The Morgan fingerprint density at radius 2 is 1.51 bits per heavy atom. The molecular formula is C23H23F6N7O5. The van der Waals surface area contributed by atoms with Crippen molar-refractivity contribution in [3.05, 3.63) is 66.0 Å². The van der Waals surface area contributed by atoms with Crippen molar-refractivity contribution in [2.75, 3.05) is 18.4 Å². The second-order valence-corrected chi connectivity index (χ2v) is 8.28. The number of pyridine rings is 1. The molecule has 12 nitrogen and oxygen atoms in total. The molecule has 3 aromatic heterocycles. The molecule has 1 amide bonds. The van der Waals surface area contributed by atoms with E-state index in [1.165, 1.54) is 0 Å². The van der Waals surface area contributed by atoms with Crippen molar-refractivity contribution in [1.82, 2.24) is 29.6 Å². The van der Waals surface area contributed by atoms with Crippen LogP contribution in [0.4, 0.5) is 32.3 Å². The van der Waals surface area contributed by atoms with Gasteiger partial charge < -0.3 is 20.4 Å². The Morgan fingerprint density at radius 3 is 2.05 bits per heavy atom. The first kappa shape index (κ1) is 32.4. The van der Waals surface area contributed by atoms with Crippen molar-refractivity contribution in [3.8, 4) is 0 Å². The third-order valence-corrected chi connectivity index (χ3v) is 5.06. The highest BCUT2D eigenvalue weighted by Crippen LogP contribution is 2.18. The fourth-order valence-corrected chi connectivity index (χ4v) is 3.27. The summed E-state index contributed by atoms with van der Waals surface area (Å²) in [5.74, 6) is -4.82. The highest BCUT2D eigenvalue weighted by atomic mass is 19.4. The number of aromatic nitrogens is 5. The number of aliphatic carboxylic acids is 2. The lowest BCUT2D eigenvalue weighted by molar-refractivity contribution is -0.193. The fourth-order valence-electron chi connectivity index (χ4n) is 3.27. The van der Waals surface area contributed by atoms with Crippen LogP contribution >= 0.6 is 0 Å². The first-order valence-electron chi connectivity index (χ1n) is 11.4. The number of carbonyl (C=O) groups is 3. The Bertz CT molecular complexity index is 1290. The van der Waals surface area contributed by atoms with Crippen LogP contribution in [0.1, 0.15) is 21.9 Å². The molecule has 0 fully saturated rings. The molecule has 18 heteroatoms. The van der Waals surface area contributed by atoms with E-state index >= 15 is 0 Å². The van der Waals surface area contributed by atoms with Gasteiger partial charge in [0.25, 0.3) is 5.91 Å². The van der Waals surface area contributed by atoms with Gasteiger partial charge in [0.2, 0.25) is 5.95 Å². The summed E-state index contributed by atoms with van der Waals surface area (Å²) in [5.41, 5.74) is 2.33. The number of carboxylic acids is 2. The highest BCUT2D eigenvalue weighted by Gasteiger charge is 2.38. The lowest BCUT2D eigenvalue weighted by Gasteiger charge is -2.24. The summed E-state index contributed by atoms with van der Waals surface area (Å²) < 4.78 is 65.4. The summed E-state index contributed by atoms with van der Waals surface area (Å²) in [5, 5.41) is 21.9. The van der Waals surface area contributed by atoms with Crippen LogP contribution in [0.5, 0.6) is 0 Å². The van der Waals surface area contributed by atoms with Gasteiger partial charge in [-0.05, 0) is 31.2 Å². The number of alkyl halides is 6. The van der Waals surface area contributed by atoms with Crippen LogP contribution in [0.15, 0.2) is 48.9 Å². The van der Waals surface area contributed by atoms with Crippen LogP contribution in [0.25, 0.3) is 0 Å². The minimum atomic E-state index is -5.08. The lowest BCUT2D eigenvalue weighted by atomic mass is 10.1. The number of amides is 1. The monoisotopic (exact) mass is 591 g/mol. The van der Waals surface area contributed by atoms with Gasteiger partial charge >= 0.3 is 24.3 Å². The number of rotatable bonds is 4. The predicted molar refractivity (Wildman–Crippen MR) is 127 cm³/mol. The summed E-state index contributed by atoms with van der Waals surface area (Å²) in [6, 6.07) is 9.26. The molecule has 0 radical (unpaired) electrons. The molecule has 222 valence electrons. The van der Waals surface area contributed by atoms with E-state index in [2.05, 4.69) is 25.4 Å². The van der Waals surface area contributed by atoms with Crippen LogP contribution in [0.2, 0.25) is 0 Å². The summed E-state index contributed by atoms with van der Waals surface area (Å²) in [7, 11) is 0. The van der Waals surface area contributed by atoms with Crippen LogP contribution in [-0.4, -0.2) is 83.1 Å². The quantitative estimate of drug-likeness (QED) is 0.385. The topological polar surface area (TPSA) is 163 Å². The van der Waals surface area contributed by atoms with E-state index in [1.807, 2.05) is 34.7 Å². The Kier molecular flexibility index (Phi) is 11.1. The Morgan fingerprint density at radius 1 is 0.927 bits per heavy atom. The molecule has 0 saturated carbocycles. The molecule has 0 bridgehead atoms. The number of halogens is 6. The maximum atomic E-state index is 13.0. The Balaban J connectivity index is 0.000000349. The average molecular weight is 591 g/mol. The maximum absolute atomic E-state index is 13.0.